The van der Waals surface area contributed by atoms with Crippen LogP contribution in [-0.4, -0.2) is 109 Å². The summed E-state index contributed by atoms with van der Waals surface area (Å²) in [6.45, 7) is 10.9. The molecule has 0 spiro atoms. The third-order valence-corrected chi connectivity index (χ3v) is 17.0. The van der Waals surface area contributed by atoms with Gasteiger partial charge in [0.25, 0.3) is 5.91 Å². The molecule has 4 aromatic rings. The molecular formula is C63H85N9O7. The van der Waals surface area contributed by atoms with Crippen LogP contribution >= 0.6 is 0 Å². The molecule has 1 saturated carbocycles. The van der Waals surface area contributed by atoms with E-state index in [-0.39, 0.29) is 73.4 Å². The predicted molar refractivity (Wildman–Crippen MR) is 306 cm³/mol. The van der Waals surface area contributed by atoms with Crippen molar-refractivity contribution in [2.75, 3.05) is 33.7 Å². The van der Waals surface area contributed by atoms with E-state index in [4.69, 9.17) is 4.74 Å². The van der Waals surface area contributed by atoms with Gasteiger partial charge >= 0.3 is 0 Å². The molecule has 9 atom stereocenters. The van der Waals surface area contributed by atoms with Gasteiger partial charge in [0.1, 0.15) is 24.7 Å². The zero-order chi connectivity index (χ0) is 56.3. The molecule has 5 amide bonds. The highest BCUT2D eigenvalue weighted by Crippen LogP contribution is 2.36. The van der Waals surface area contributed by atoms with Gasteiger partial charge in [0.2, 0.25) is 23.6 Å². The molecule has 4 aliphatic rings. The van der Waals surface area contributed by atoms with Crippen molar-refractivity contribution in [3.8, 4) is 5.75 Å². The molecule has 0 radical (unpaired) electrons. The van der Waals surface area contributed by atoms with Crippen molar-refractivity contribution in [2.24, 2.45) is 17.3 Å². The lowest BCUT2D eigenvalue weighted by Crippen LogP contribution is -2.59. The summed E-state index contributed by atoms with van der Waals surface area (Å²) in [5.41, 5.74) is 9.01. The van der Waals surface area contributed by atoms with Crippen molar-refractivity contribution in [3.05, 3.63) is 136 Å². The minimum Gasteiger partial charge on any atom is -0.489 e. The van der Waals surface area contributed by atoms with Crippen molar-refractivity contribution < 1.29 is 33.5 Å². The van der Waals surface area contributed by atoms with Crippen LogP contribution in [-0.2, 0) is 50.0 Å². The molecule has 8 rings (SSSR count). The summed E-state index contributed by atoms with van der Waals surface area (Å²) < 4.78 is 6.21. The van der Waals surface area contributed by atoms with Crippen molar-refractivity contribution in [2.45, 2.75) is 160 Å². The number of carbonyl (C=O) groups is 6. The Balaban J connectivity index is 0.885. The number of nitrogens with zero attached hydrogens (tertiary/aromatic N) is 2. The van der Waals surface area contributed by atoms with Gasteiger partial charge < -0.3 is 46.3 Å². The second-order valence-electron chi connectivity index (χ2n) is 23.7. The van der Waals surface area contributed by atoms with Gasteiger partial charge in [-0.05, 0) is 149 Å². The fraction of sp³-hybridized carbons (Fsp3) is 0.524. The first kappa shape index (κ1) is 58.7. The van der Waals surface area contributed by atoms with E-state index in [0.29, 0.717) is 43.7 Å². The fourth-order valence-corrected chi connectivity index (χ4v) is 11.8. The minimum absolute atomic E-state index is 0.0773. The highest BCUT2D eigenvalue weighted by molar-refractivity contribution is 5.95. The van der Waals surface area contributed by atoms with Crippen LogP contribution in [0.15, 0.2) is 97.1 Å². The van der Waals surface area contributed by atoms with E-state index in [1.165, 1.54) is 16.7 Å². The van der Waals surface area contributed by atoms with Gasteiger partial charge in [-0.25, -0.2) is 5.43 Å². The summed E-state index contributed by atoms with van der Waals surface area (Å²) in [4.78, 5) is 84.4. The topological polar surface area (TPSA) is 202 Å². The molecule has 0 bridgehead atoms. The first-order valence-corrected chi connectivity index (χ1v) is 28.8. The number of likely N-dealkylation sites (tertiary alicyclic amines) is 1. The van der Waals surface area contributed by atoms with Crippen molar-refractivity contribution in [1.82, 2.24) is 47.2 Å². The van der Waals surface area contributed by atoms with E-state index in [0.717, 1.165) is 74.3 Å². The van der Waals surface area contributed by atoms with Crippen molar-refractivity contribution in [1.29, 1.82) is 0 Å². The van der Waals surface area contributed by atoms with E-state index in [1.54, 1.807) is 45.1 Å². The SMILES string of the molecule is CN[C@@H](C)C(=O)NC(C(=O)N1CC(NC(=O)c2ccc(COc3ccc(CN(NCC(C)(C=O)NC)C(=O)C4CCCCC4C(=O)NC4CCCc5ccccc54)cc3)cc2)CC1CNC1CCCc2ccccc21)C(C)(C)C. The number of hydrazine groups is 1. The number of nitrogens with one attached hydrogen (secondary N) is 7. The van der Waals surface area contributed by atoms with E-state index < -0.39 is 34.9 Å². The van der Waals surface area contributed by atoms with Crippen LogP contribution in [0, 0.1) is 17.3 Å². The number of likely N-dealkylation sites (N-methyl/N-ethyl adjacent to an activating group) is 2. The Kier molecular flexibility index (Phi) is 19.8. The number of benzene rings is 4. The van der Waals surface area contributed by atoms with E-state index in [9.17, 15) is 28.8 Å². The summed E-state index contributed by atoms with van der Waals surface area (Å²) in [6, 6.07) is 29.9. The number of amides is 5. The molecule has 3 aliphatic carbocycles. The molecule has 1 aliphatic heterocycles. The lowest BCUT2D eigenvalue weighted by Gasteiger charge is -2.37. The number of carbonyl (C=O) groups excluding carboxylic acids is 6. The highest BCUT2D eigenvalue weighted by atomic mass is 16.5. The molecule has 1 heterocycles. The lowest BCUT2D eigenvalue weighted by atomic mass is 9.77. The summed E-state index contributed by atoms with van der Waals surface area (Å²) in [5.74, 6) is -1.27. The van der Waals surface area contributed by atoms with Gasteiger partial charge in [-0.3, -0.25) is 29.0 Å². The molecule has 8 unspecified atom stereocenters. The number of ether oxygens (including phenoxy) is 1. The minimum atomic E-state index is -0.928. The molecule has 79 heavy (non-hydrogen) atoms. The number of aldehydes is 1. The van der Waals surface area contributed by atoms with E-state index in [2.05, 4.69) is 73.7 Å². The number of rotatable bonds is 22. The van der Waals surface area contributed by atoms with Crippen LogP contribution < -0.4 is 42.1 Å². The molecule has 2 fully saturated rings. The van der Waals surface area contributed by atoms with Gasteiger partial charge in [-0.1, -0.05) is 106 Å². The smallest absolute Gasteiger partial charge is 0.251 e. The lowest BCUT2D eigenvalue weighted by molar-refractivity contribution is -0.147. The van der Waals surface area contributed by atoms with Gasteiger partial charge in [0.15, 0.2) is 0 Å². The Morgan fingerprint density at radius 1 is 0.747 bits per heavy atom. The van der Waals surface area contributed by atoms with Crippen LogP contribution in [0.2, 0.25) is 0 Å². The van der Waals surface area contributed by atoms with Gasteiger partial charge in [-0.2, -0.15) is 0 Å². The predicted octanol–water partition coefficient (Wildman–Crippen LogP) is 6.78. The summed E-state index contributed by atoms with van der Waals surface area (Å²) in [7, 11) is 3.42. The maximum Gasteiger partial charge on any atom is 0.251 e. The number of aryl methyl sites for hydroxylation is 2. The third kappa shape index (κ3) is 14.9. The van der Waals surface area contributed by atoms with Crippen molar-refractivity contribution >= 4 is 35.8 Å². The maximum absolute atomic E-state index is 14.6. The third-order valence-electron chi connectivity index (χ3n) is 17.0. The van der Waals surface area contributed by atoms with Gasteiger partial charge in [0, 0.05) is 49.2 Å². The average molecular weight is 1080 g/mol. The Morgan fingerprint density at radius 3 is 2.00 bits per heavy atom. The van der Waals surface area contributed by atoms with Crippen molar-refractivity contribution in [3.63, 3.8) is 0 Å². The van der Waals surface area contributed by atoms with Crippen LogP contribution in [0.3, 0.4) is 0 Å². The van der Waals surface area contributed by atoms with Crippen LogP contribution in [0.25, 0.3) is 0 Å². The Bertz CT molecular complexity index is 2750. The molecule has 4 aromatic carbocycles. The largest absolute Gasteiger partial charge is 0.489 e. The standard InChI is InChI=1S/C63H85N9O7/c1-41(64-6)57(74)70-56(62(2,3)4)61(78)71-37-47(34-48(71)35-66-54-24-14-18-44-16-8-10-20-50(44)54)68-58(75)46-30-26-43(27-31-46)38-79-49-32-28-42(29-33-49)36-72(67-39-63(5,40-73)65-7)60(77)53-23-13-12-22-52(53)59(76)69-55-25-15-19-45-17-9-11-21-51(45)55/h8-11,16-17,20-21,26-33,40-41,47-48,52-56,64-67H,12-15,18-19,22-25,34-39H2,1-7H3,(H,68,75)(H,69,76)(H,70,74)/t41-,47?,48?,52?,53?,54?,55?,56?,63?/m0/s1. The van der Waals surface area contributed by atoms with Crippen LogP contribution in [0.4, 0.5) is 0 Å². The average Bonchev–Trinajstić information content (AvgIpc) is 4.03. The quantitative estimate of drug-likeness (QED) is 0.0323. The van der Waals surface area contributed by atoms with Gasteiger partial charge in [0.05, 0.1) is 30.1 Å². The first-order chi connectivity index (χ1) is 38.0. The second-order valence-corrected chi connectivity index (χ2v) is 23.7. The van der Waals surface area contributed by atoms with Gasteiger partial charge in [-0.15, -0.1) is 0 Å². The summed E-state index contributed by atoms with van der Waals surface area (Å²) in [6.07, 6.45) is 10.3. The molecule has 16 heteroatoms. The highest BCUT2D eigenvalue weighted by Gasteiger charge is 2.44. The molecule has 0 aromatic heterocycles. The maximum atomic E-state index is 14.6. The normalized spacial score (nSPS) is 22.4. The molecule has 16 nitrogen and oxygen atoms in total. The second kappa shape index (κ2) is 26.7. The summed E-state index contributed by atoms with van der Waals surface area (Å²) >= 11 is 0. The van der Waals surface area contributed by atoms with E-state index in [1.807, 2.05) is 74.2 Å². The summed E-state index contributed by atoms with van der Waals surface area (Å²) in [5, 5.41) is 21.0. The molecule has 7 N–H and O–H groups in total. The Labute approximate surface area is 467 Å². The number of hydrogen-bond acceptors (Lipinski definition) is 11. The zero-order valence-corrected chi connectivity index (χ0v) is 47.5. The number of hydrogen-bond donors (Lipinski definition) is 7. The molecular weight excluding hydrogens is 995 g/mol. The molecule has 1 saturated heterocycles. The number of fused-ring (bicyclic) bond motifs is 2. The Hall–Kier alpha value is -6.46. The molecule has 424 valence electrons. The van der Waals surface area contributed by atoms with E-state index >= 15 is 0 Å². The van der Waals surface area contributed by atoms with Crippen LogP contribution in [0.5, 0.6) is 5.75 Å². The first-order valence-electron chi connectivity index (χ1n) is 28.8. The van der Waals surface area contributed by atoms with Crippen LogP contribution in [0.1, 0.15) is 148 Å². The zero-order valence-electron chi connectivity index (χ0n) is 47.5. The fourth-order valence-electron chi connectivity index (χ4n) is 11.8. The Morgan fingerprint density at radius 2 is 1.37 bits per heavy atom. The monoisotopic (exact) mass is 1080 g/mol.